The predicted molar refractivity (Wildman–Crippen MR) is 146 cm³/mol. The van der Waals surface area contributed by atoms with Gasteiger partial charge in [-0.2, -0.15) is 13.0 Å². The number of hydrogen-bond donors (Lipinski definition) is 3. The molecule has 0 bridgehead atoms. The summed E-state index contributed by atoms with van der Waals surface area (Å²) in [5.74, 6) is -2.03. The standard InChI is InChI=1S/C22H19Cl2N3O7S4/c23-13-1-2-15(24)16(7-13)36-10-17(28)25-18-20(29)27-19(22(30)31)12(9-37-21(18)27)8-35-14-3-5-26(6-4-14)11-38(32,33)34/h1-7,18,21H,8-11H2,(H2-,25,28,30,31,32,33,34)/p+1/t18-,21-/m1/s1. The SMILES string of the molecule is O=C(CSc1cc(Cl)ccc1Cl)N[C@@H]1C(=O)N2C(C(=O)O)=C(CSc3cc[n+](CS(=O)(=O)O)cc3)CS[C@H]12. The molecule has 0 saturated carbocycles. The van der Waals surface area contributed by atoms with Crippen molar-refractivity contribution in [3.05, 3.63) is 64.0 Å². The minimum absolute atomic E-state index is 0.00601. The summed E-state index contributed by atoms with van der Waals surface area (Å²) in [6.07, 6.45) is 2.97. The van der Waals surface area contributed by atoms with Gasteiger partial charge < -0.3 is 10.4 Å². The first-order valence-corrected chi connectivity index (χ1v) is 16.2. The first kappa shape index (κ1) is 29.1. The Labute approximate surface area is 240 Å². The molecular formula is C22H20Cl2N3O7S4+. The molecule has 2 aliphatic heterocycles. The lowest BCUT2D eigenvalue weighted by Gasteiger charge is -2.49. The molecule has 1 aromatic carbocycles. The topological polar surface area (TPSA) is 145 Å². The Balaban J connectivity index is 1.37. The third-order valence-electron chi connectivity index (χ3n) is 5.40. The number of amides is 2. The van der Waals surface area contributed by atoms with E-state index in [4.69, 9.17) is 27.8 Å². The molecule has 10 nitrogen and oxygen atoms in total. The van der Waals surface area contributed by atoms with Gasteiger partial charge in [0, 0.05) is 38.5 Å². The van der Waals surface area contributed by atoms with Gasteiger partial charge in [-0.1, -0.05) is 23.2 Å². The highest BCUT2D eigenvalue weighted by molar-refractivity contribution is 8.01. The number of pyridine rings is 1. The number of nitrogens with one attached hydrogen (secondary N) is 1. The maximum Gasteiger partial charge on any atom is 0.352 e. The Kier molecular flexibility index (Phi) is 9.22. The van der Waals surface area contributed by atoms with Gasteiger partial charge in [0.15, 0.2) is 12.4 Å². The van der Waals surface area contributed by atoms with E-state index in [1.807, 2.05) is 0 Å². The van der Waals surface area contributed by atoms with E-state index in [-0.39, 0.29) is 17.4 Å². The lowest BCUT2D eigenvalue weighted by molar-refractivity contribution is -0.678. The Morgan fingerprint density at radius 1 is 1.18 bits per heavy atom. The lowest BCUT2D eigenvalue weighted by atomic mass is 10.0. The molecule has 16 heteroatoms. The second kappa shape index (κ2) is 12.1. The molecule has 202 valence electrons. The van der Waals surface area contributed by atoms with Crippen molar-refractivity contribution in [3.8, 4) is 0 Å². The van der Waals surface area contributed by atoms with Crippen LogP contribution in [0.3, 0.4) is 0 Å². The van der Waals surface area contributed by atoms with E-state index in [0.717, 1.165) is 4.90 Å². The molecule has 1 fully saturated rings. The molecule has 2 amide bonds. The summed E-state index contributed by atoms with van der Waals surface area (Å²) in [6, 6.07) is 7.36. The molecule has 1 aromatic heterocycles. The molecule has 0 spiro atoms. The van der Waals surface area contributed by atoms with Crippen LogP contribution in [0.4, 0.5) is 0 Å². The van der Waals surface area contributed by atoms with Crippen LogP contribution in [-0.4, -0.2) is 69.4 Å². The molecule has 0 unspecified atom stereocenters. The zero-order valence-corrected chi connectivity index (χ0v) is 24.0. The van der Waals surface area contributed by atoms with Crippen molar-refractivity contribution < 1.29 is 37.0 Å². The quantitative estimate of drug-likeness (QED) is 0.154. The van der Waals surface area contributed by atoms with Crippen LogP contribution in [-0.2, 0) is 30.4 Å². The maximum atomic E-state index is 12.9. The van der Waals surface area contributed by atoms with Gasteiger partial charge in [0.1, 0.15) is 17.1 Å². The van der Waals surface area contributed by atoms with E-state index >= 15 is 0 Å². The monoisotopic (exact) mass is 636 g/mol. The number of thioether (sulfide) groups is 3. The fourth-order valence-corrected chi connectivity index (χ4v) is 7.95. The number of rotatable bonds is 10. The Morgan fingerprint density at radius 3 is 2.55 bits per heavy atom. The molecule has 2 atom stereocenters. The second-order valence-corrected chi connectivity index (χ2v) is 13.6. The second-order valence-electron chi connectivity index (χ2n) is 8.12. The lowest BCUT2D eigenvalue weighted by Crippen LogP contribution is -2.70. The normalized spacial score (nSPS) is 19.1. The number of aromatic nitrogens is 1. The highest BCUT2D eigenvalue weighted by Gasteiger charge is 2.54. The average molecular weight is 638 g/mol. The number of hydrogen-bond acceptors (Lipinski definition) is 8. The number of carbonyl (C=O) groups excluding carboxylic acids is 2. The zero-order valence-electron chi connectivity index (χ0n) is 19.2. The van der Waals surface area contributed by atoms with Crippen LogP contribution in [0.1, 0.15) is 0 Å². The van der Waals surface area contributed by atoms with Crippen molar-refractivity contribution in [2.24, 2.45) is 0 Å². The molecule has 3 heterocycles. The molecule has 3 N–H and O–H groups in total. The molecule has 1 saturated heterocycles. The Hall–Kier alpha value is -1.94. The fraction of sp³-hybridized carbons (Fsp3) is 0.273. The molecular weight excluding hydrogens is 617 g/mol. The molecule has 0 radical (unpaired) electrons. The number of fused-ring (bicyclic) bond motifs is 1. The maximum absolute atomic E-state index is 12.9. The van der Waals surface area contributed by atoms with Crippen LogP contribution in [0.5, 0.6) is 0 Å². The van der Waals surface area contributed by atoms with Crippen LogP contribution in [0.2, 0.25) is 10.0 Å². The van der Waals surface area contributed by atoms with Crippen molar-refractivity contribution in [2.75, 3.05) is 17.3 Å². The molecule has 38 heavy (non-hydrogen) atoms. The van der Waals surface area contributed by atoms with E-state index in [9.17, 15) is 27.9 Å². The first-order chi connectivity index (χ1) is 17.9. The number of carboxylic acid groups (broad SMARTS) is 1. The fourth-order valence-electron chi connectivity index (χ4n) is 3.73. The van der Waals surface area contributed by atoms with E-state index in [0.29, 0.717) is 32.0 Å². The summed E-state index contributed by atoms with van der Waals surface area (Å²) in [6.45, 7) is 0. The van der Waals surface area contributed by atoms with Crippen molar-refractivity contribution >= 4 is 86.4 Å². The van der Waals surface area contributed by atoms with Crippen LogP contribution in [0.15, 0.2) is 63.8 Å². The number of aliphatic carboxylic acids is 1. The minimum Gasteiger partial charge on any atom is -0.477 e. The van der Waals surface area contributed by atoms with Crippen molar-refractivity contribution in [1.29, 1.82) is 0 Å². The van der Waals surface area contributed by atoms with Gasteiger partial charge in [0.2, 0.25) is 5.91 Å². The number of carbonyl (C=O) groups is 3. The number of halogens is 2. The summed E-state index contributed by atoms with van der Waals surface area (Å²) in [5, 5.41) is 13.0. The number of carboxylic acids is 1. The highest BCUT2D eigenvalue weighted by Crippen LogP contribution is 2.41. The predicted octanol–water partition coefficient (Wildman–Crippen LogP) is 2.75. The van der Waals surface area contributed by atoms with Gasteiger partial charge in [-0.3, -0.25) is 19.0 Å². The van der Waals surface area contributed by atoms with E-state index in [1.54, 1.807) is 30.3 Å². The summed E-state index contributed by atoms with van der Waals surface area (Å²) >= 11 is 16.0. The highest BCUT2D eigenvalue weighted by atomic mass is 35.5. The Bertz CT molecular complexity index is 1420. The summed E-state index contributed by atoms with van der Waals surface area (Å²) in [4.78, 5) is 40.0. The number of benzene rings is 1. The summed E-state index contributed by atoms with van der Waals surface area (Å²) in [7, 11) is -4.17. The van der Waals surface area contributed by atoms with Gasteiger partial charge in [-0.25, -0.2) is 4.79 Å². The van der Waals surface area contributed by atoms with Gasteiger partial charge in [-0.05, 0) is 23.8 Å². The van der Waals surface area contributed by atoms with Crippen molar-refractivity contribution in [2.45, 2.75) is 27.1 Å². The van der Waals surface area contributed by atoms with Gasteiger partial charge in [-0.15, -0.1) is 35.3 Å². The molecule has 2 aliphatic rings. The van der Waals surface area contributed by atoms with Gasteiger partial charge >= 0.3 is 16.1 Å². The number of nitrogens with zero attached hydrogens (tertiary/aromatic N) is 2. The summed E-state index contributed by atoms with van der Waals surface area (Å²) in [5.41, 5.74) is 0.469. The molecule has 4 rings (SSSR count). The molecule has 0 aliphatic carbocycles. The smallest absolute Gasteiger partial charge is 0.352 e. The summed E-state index contributed by atoms with van der Waals surface area (Å²) < 4.78 is 32.2. The minimum atomic E-state index is -4.17. The zero-order chi connectivity index (χ0) is 27.6. The van der Waals surface area contributed by atoms with Crippen LogP contribution < -0.4 is 9.88 Å². The third kappa shape index (κ3) is 6.97. The Morgan fingerprint density at radius 2 is 1.89 bits per heavy atom. The first-order valence-electron chi connectivity index (χ1n) is 10.8. The third-order valence-corrected chi connectivity index (χ3v) is 10.2. The van der Waals surface area contributed by atoms with Crippen molar-refractivity contribution in [1.82, 2.24) is 10.2 Å². The van der Waals surface area contributed by atoms with Gasteiger partial charge in [0.05, 0.1) is 10.8 Å². The van der Waals surface area contributed by atoms with Crippen LogP contribution in [0.25, 0.3) is 0 Å². The van der Waals surface area contributed by atoms with Crippen LogP contribution in [0, 0.1) is 0 Å². The van der Waals surface area contributed by atoms with Crippen molar-refractivity contribution in [3.63, 3.8) is 0 Å². The van der Waals surface area contributed by atoms with E-state index in [2.05, 4.69) is 5.32 Å². The van der Waals surface area contributed by atoms with Crippen LogP contribution >= 0.6 is 58.5 Å². The van der Waals surface area contributed by atoms with Gasteiger partial charge in [0.25, 0.3) is 11.8 Å². The van der Waals surface area contributed by atoms with E-state index in [1.165, 1.54) is 57.1 Å². The largest absolute Gasteiger partial charge is 0.477 e. The average Bonchev–Trinajstić information content (AvgIpc) is 2.85. The van der Waals surface area contributed by atoms with E-state index < -0.39 is 39.3 Å². The molecule has 2 aromatic rings. The number of β-lactam (4-membered cyclic amide) rings is 1.